The van der Waals surface area contributed by atoms with Crippen LogP contribution in [-0.4, -0.2) is 20.7 Å². The van der Waals surface area contributed by atoms with Crippen LogP contribution in [0.2, 0.25) is 0 Å². The van der Waals surface area contributed by atoms with E-state index >= 15 is 0 Å². The Morgan fingerprint density at radius 2 is 1.74 bits per heavy atom. The van der Waals surface area contributed by atoms with Gasteiger partial charge in [0.2, 0.25) is 0 Å². The third kappa shape index (κ3) is 4.50. The molecule has 1 rings (SSSR count). The van der Waals surface area contributed by atoms with E-state index in [4.69, 9.17) is 0 Å². The molecule has 0 heterocycles. The van der Waals surface area contributed by atoms with Crippen molar-refractivity contribution in [3.05, 3.63) is 29.8 Å². The zero-order chi connectivity index (χ0) is 14.7. The smallest absolute Gasteiger partial charge is 0.253 e. The number of hydrogen-bond acceptors (Lipinski definition) is 3. The Kier molecular flexibility index (Phi) is 4.98. The number of rotatable bonds is 5. The van der Waals surface area contributed by atoms with Gasteiger partial charge in [-0.1, -0.05) is 31.0 Å². The molecule has 108 valence electrons. The molecule has 0 radical (unpaired) electrons. The quantitative estimate of drug-likeness (QED) is 0.782. The van der Waals surface area contributed by atoms with Crippen LogP contribution < -0.4 is 0 Å². The van der Waals surface area contributed by atoms with Crippen molar-refractivity contribution in [3.8, 4) is 0 Å². The highest BCUT2D eigenvalue weighted by molar-refractivity contribution is 7.86. The van der Waals surface area contributed by atoms with E-state index in [1.54, 1.807) is 6.92 Å². The van der Waals surface area contributed by atoms with E-state index in [0.29, 0.717) is 0 Å². The van der Waals surface area contributed by atoms with Gasteiger partial charge in [0.05, 0.1) is 4.90 Å². The minimum absolute atomic E-state index is 0.174. The maximum Gasteiger partial charge on any atom is 0.416 e. The zero-order valence-electron chi connectivity index (χ0n) is 10.6. The number of halogens is 3. The number of benzene rings is 1. The van der Waals surface area contributed by atoms with Gasteiger partial charge in [-0.15, -0.1) is 0 Å². The molecular weight excluding hydrogens is 281 g/mol. The molecule has 0 saturated heterocycles. The average molecular weight is 296 g/mol. The molecule has 0 saturated carbocycles. The summed E-state index contributed by atoms with van der Waals surface area (Å²) in [5, 5.41) is 0. The lowest BCUT2D eigenvalue weighted by molar-refractivity contribution is -0.195. The van der Waals surface area contributed by atoms with E-state index in [-0.39, 0.29) is 11.3 Å². The fraction of sp³-hybridized carbons (Fsp3) is 0.500. The molecule has 19 heavy (non-hydrogen) atoms. The second-order valence-corrected chi connectivity index (χ2v) is 5.75. The molecule has 0 spiro atoms. The Hall–Kier alpha value is -1.08. The minimum Gasteiger partial charge on any atom is -0.253 e. The summed E-state index contributed by atoms with van der Waals surface area (Å²) in [5.41, 5.74) is 0.805. The van der Waals surface area contributed by atoms with Gasteiger partial charge in [0.15, 0.2) is 6.10 Å². The van der Waals surface area contributed by atoms with Crippen molar-refractivity contribution < 1.29 is 25.8 Å². The normalized spacial score (nSPS) is 14.4. The first-order chi connectivity index (χ1) is 8.66. The highest BCUT2D eigenvalue weighted by atomic mass is 32.2. The van der Waals surface area contributed by atoms with Crippen LogP contribution in [0.4, 0.5) is 13.2 Å². The van der Waals surface area contributed by atoms with Gasteiger partial charge in [-0.3, -0.25) is 4.18 Å². The van der Waals surface area contributed by atoms with E-state index in [0.717, 1.165) is 5.56 Å². The predicted octanol–water partition coefficient (Wildman–Crippen LogP) is 3.43. The second-order valence-electron chi connectivity index (χ2n) is 4.18. The molecule has 1 aromatic rings. The maximum atomic E-state index is 12.6. The first kappa shape index (κ1) is 16.0. The minimum atomic E-state index is -4.70. The van der Waals surface area contributed by atoms with E-state index < -0.39 is 28.8 Å². The Labute approximate surface area is 110 Å². The topological polar surface area (TPSA) is 43.4 Å². The monoisotopic (exact) mass is 296 g/mol. The van der Waals surface area contributed by atoms with Gasteiger partial charge in [0.1, 0.15) is 0 Å². The molecule has 0 fully saturated rings. The molecule has 0 aromatic heterocycles. The van der Waals surface area contributed by atoms with Crippen molar-refractivity contribution in [2.45, 2.75) is 43.9 Å². The summed E-state index contributed by atoms with van der Waals surface area (Å²) < 4.78 is 65.7. The molecule has 0 aliphatic heterocycles. The maximum absolute atomic E-state index is 12.6. The van der Waals surface area contributed by atoms with Gasteiger partial charge in [-0.05, 0) is 25.5 Å². The van der Waals surface area contributed by atoms with Gasteiger partial charge < -0.3 is 0 Å². The van der Waals surface area contributed by atoms with E-state index in [1.165, 1.54) is 31.2 Å². The van der Waals surface area contributed by atoms with Crippen LogP contribution in [0.15, 0.2) is 29.2 Å². The van der Waals surface area contributed by atoms with Crippen LogP contribution in [0.5, 0.6) is 0 Å². The summed E-state index contributed by atoms with van der Waals surface area (Å²) in [6.07, 6.45) is -7.22. The first-order valence-corrected chi connectivity index (χ1v) is 7.14. The standard InChI is InChI=1S/C12H15F3O3S/c1-3-4-11(12(13,14)15)18-19(16,17)10-7-5-9(2)6-8-10/h5-8,11H,3-4H2,1-2H3. The van der Waals surface area contributed by atoms with Crippen LogP contribution in [0.3, 0.4) is 0 Å². The highest BCUT2D eigenvalue weighted by Gasteiger charge is 2.43. The van der Waals surface area contributed by atoms with Crippen molar-refractivity contribution in [3.63, 3.8) is 0 Å². The lowest BCUT2D eigenvalue weighted by Crippen LogP contribution is -2.33. The van der Waals surface area contributed by atoms with Crippen LogP contribution >= 0.6 is 0 Å². The predicted molar refractivity (Wildman–Crippen MR) is 64.2 cm³/mol. The van der Waals surface area contributed by atoms with Crippen molar-refractivity contribution >= 4 is 10.1 Å². The molecule has 1 unspecified atom stereocenters. The molecule has 7 heteroatoms. The first-order valence-electron chi connectivity index (χ1n) is 5.73. The summed E-state index contributed by atoms with van der Waals surface area (Å²) in [5.74, 6) is 0. The zero-order valence-corrected chi connectivity index (χ0v) is 11.4. The molecule has 0 aliphatic rings. The lowest BCUT2D eigenvalue weighted by atomic mass is 10.2. The van der Waals surface area contributed by atoms with Gasteiger partial charge in [-0.25, -0.2) is 0 Å². The van der Waals surface area contributed by atoms with Crippen molar-refractivity contribution in [1.82, 2.24) is 0 Å². The van der Waals surface area contributed by atoms with E-state index in [2.05, 4.69) is 4.18 Å². The molecule has 0 amide bonds. The fourth-order valence-corrected chi connectivity index (χ4v) is 2.53. The largest absolute Gasteiger partial charge is 0.416 e. The molecule has 0 bridgehead atoms. The summed E-state index contributed by atoms with van der Waals surface area (Å²) in [6, 6.07) is 5.45. The molecule has 1 atom stereocenters. The van der Waals surface area contributed by atoms with E-state index in [1.807, 2.05) is 0 Å². The number of alkyl halides is 3. The van der Waals surface area contributed by atoms with E-state index in [9.17, 15) is 21.6 Å². The van der Waals surface area contributed by atoms with Crippen LogP contribution in [0, 0.1) is 6.92 Å². The molecule has 1 aromatic carbocycles. The highest BCUT2D eigenvalue weighted by Crippen LogP contribution is 2.29. The third-order valence-electron chi connectivity index (χ3n) is 2.47. The molecule has 0 aliphatic carbocycles. The van der Waals surface area contributed by atoms with Gasteiger partial charge in [0.25, 0.3) is 10.1 Å². The number of hydrogen-bond donors (Lipinski definition) is 0. The molecular formula is C12H15F3O3S. The fourth-order valence-electron chi connectivity index (χ4n) is 1.44. The molecule has 3 nitrogen and oxygen atoms in total. The third-order valence-corrected chi connectivity index (χ3v) is 3.80. The van der Waals surface area contributed by atoms with Gasteiger partial charge in [0, 0.05) is 0 Å². The molecule has 0 N–H and O–H groups in total. The van der Waals surface area contributed by atoms with Crippen molar-refractivity contribution in [2.24, 2.45) is 0 Å². The Morgan fingerprint density at radius 3 is 2.16 bits per heavy atom. The average Bonchev–Trinajstić information content (AvgIpc) is 2.27. The van der Waals surface area contributed by atoms with Crippen LogP contribution in [-0.2, 0) is 14.3 Å². The second kappa shape index (κ2) is 5.92. The SMILES string of the molecule is CCCC(OS(=O)(=O)c1ccc(C)cc1)C(F)(F)F. The summed E-state index contributed by atoms with van der Waals surface area (Å²) >= 11 is 0. The number of aryl methyl sites for hydroxylation is 1. The van der Waals surface area contributed by atoms with Crippen LogP contribution in [0.1, 0.15) is 25.3 Å². The lowest BCUT2D eigenvalue weighted by Gasteiger charge is -2.19. The van der Waals surface area contributed by atoms with Crippen LogP contribution in [0.25, 0.3) is 0 Å². The Bertz CT molecular complexity index is 506. The summed E-state index contributed by atoms with van der Waals surface area (Å²) in [4.78, 5) is -0.275. The van der Waals surface area contributed by atoms with Gasteiger partial charge >= 0.3 is 6.18 Å². The van der Waals surface area contributed by atoms with Crippen molar-refractivity contribution in [1.29, 1.82) is 0 Å². The Balaban J connectivity index is 2.97. The van der Waals surface area contributed by atoms with Gasteiger partial charge in [-0.2, -0.15) is 21.6 Å². The summed E-state index contributed by atoms with van der Waals surface area (Å²) in [6.45, 7) is 3.27. The summed E-state index contributed by atoms with van der Waals surface area (Å²) in [7, 11) is -4.40. The van der Waals surface area contributed by atoms with Crippen molar-refractivity contribution in [2.75, 3.05) is 0 Å². The Morgan fingerprint density at radius 1 is 1.21 bits per heavy atom.